The van der Waals surface area contributed by atoms with E-state index < -0.39 is 0 Å². The van der Waals surface area contributed by atoms with E-state index in [1.54, 1.807) is 0 Å². The number of piperazine rings is 1. The Balaban J connectivity index is 1.63. The second-order valence-corrected chi connectivity index (χ2v) is 5.28. The van der Waals surface area contributed by atoms with E-state index in [4.69, 9.17) is 0 Å². The molecule has 4 fully saturated rings. The van der Waals surface area contributed by atoms with E-state index >= 15 is 0 Å². The molecule has 3 unspecified atom stereocenters. The van der Waals surface area contributed by atoms with Gasteiger partial charge in [-0.25, -0.2) is 0 Å². The van der Waals surface area contributed by atoms with Gasteiger partial charge in [-0.1, -0.05) is 13.8 Å². The second kappa shape index (κ2) is 2.72. The van der Waals surface area contributed by atoms with Gasteiger partial charge in [-0.15, -0.1) is 0 Å². The normalized spacial score (nSPS) is 49.9. The number of nitrogens with one attached hydrogen (secondary N) is 1. The summed E-state index contributed by atoms with van der Waals surface area (Å²) in [5.74, 6) is 2.00. The van der Waals surface area contributed by atoms with Crippen LogP contribution >= 0.6 is 0 Å². The minimum absolute atomic E-state index is 0.340. The number of nitrogens with zero attached hydrogens (tertiary/aromatic N) is 1. The fourth-order valence-electron chi connectivity index (χ4n) is 3.02. The molecule has 1 saturated carbocycles. The van der Waals surface area contributed by atoms with E-state index in [2.05, 4.69) is 24.1 Å². The topological polar surface area (TPSA) is 32.3 Å². The summed E-state index contributed by atoms with van der Waals surface area (Å²) in [6.07, 6.45) is 1.28. The number of carbonyl (C=O) groups is 1. The van der Waals surface area contributed by atoms with Crippen LogP contribution in [0, 0.1) is 17.8 Å². The van der Waals surface area contributed by atoms with Gasteiger partial charge < -0.3 is 10.2 Å². The molecule has 1 amide bonds. The van der Waals surface area contributed by atoms with Gasteiger partial charge >= 0.3 is 0 Å². The van der Waals surface area contributed by atoms with E-state index in [1.807, 2.05) is 0 Å². The van der Waals surface area contributed by atoms with Crippen LogP contribution in [-0.4, -0.2) is 36.0 Å². The van der Waals surface area contributed by atoms with E-state index in [9.17, 15) is 4.79 Å². The maximum absolute atomic E-state index is 12.0. The lowest BCUT2D eigenvalue weighted by molar-refractivity contribution is -0.137. The first kappa shape index (κ1) is 8.72. The highest BCUT2D eigenvalue weighted by Gasteiger charge is 2.51. The molecule has 2 bridgehead atoms. The molecule has 5 atom stereocenters. The molecule has 0 spiro atoms. The summed E-state index contributed by atoms with van der Waals surface area (Å²) < 4.78 is 0. The summed E-state index contributed by atoms with van der Waals surface area (Å²) in [6, 6.07) is 1.20. The number of piperidine rings is 1. The average molecular weight is 194 g/mol. The van der Waals surface area contributed by atoms with E-state index in [0.717, 1.165) is 13.1 Å². The third-order valence-electron chi connectivity index (χ3n) is 4.34. The van der Waals surface area contributed by atoms with Crippen LogP contribution in [0.1, 0.15) is 20.3 Å². The van der Waals surface area contributed by atoms with Crippen LogP contribution in [0.25, 0.3) is 0 Å². The zero-order valence-corrected chi connectivity index (χ0v) is 8.86. The first-order chi connectivity index (χ1) is 6.66. The molecule has 1 N–H and O–H groups in total. The van der Waals surface area contributed by atoms with Crippen molar-refractivity contribution in [3.8, 4) is 0 Å². The van der Waals surface area contributed by atoms with Crippen LogP contribution in [-0.2, 0) is 4.79 Å². The van der Waals surface area contributed by atoms with Crippen LogP contribution in [0.5, 0.6) is 0 Å². The van der Waals surface area contributed by atoms with Crippen LogP contribution < -0.4 is 5.32 Å². The predicted molar refractivity (Wildman–Crippen MR) is 53.7 cm³/mol. The first-order valence-corrected chi connectivity index (χ1v) is 5.71. The van der Waals surface area contributed by atoms with Crippen molar-refractivity contribution in [3.63, 3.8) is 0 Å². The molecule has 4 aliphatic rings. The molecule has 0 aromatic rings. The number of fused-ring (bicyclic) bond motifs is 2. The van der Waals surface area contributed by atoms with Gasteiger partial charge in [0.25, 0.3) is 0 Å². The molecular formula is C11H18N2O. The highest BCUT2D eigenvalue weighted by atomic mass is 16.2. The molecule has 3 nitrogen and oxygen atoms in total. The van der Waals surface area contributed by atoms with Gasteiger partial charge in [-0.3, -0.25) is 4.79 Å². The average Bonchev–Trinajstić information content (AvgIpc) is 2.73. The molecule has 4 rings (SSSR count). The van der Waals surface area contributed by atoms with Crippen molar-refractivity contribution in [2.75, 3.05) is 13.1 Å². The number of rotatable bonds is 1. The number of amides is 1. The van der Waals surface area contributed by atoms with Gasteiger partial charge in [-0.05, 0) is 18.3 Å². The van der Waals surface area contributed by atoms with Crippen LogP contribution in [0.2, 0.25) is 0 Å². The summed E-state index contributed by atoms with van der Waals surface area (Å²) >= 11 is 0. The molecule has 0 radical (unpaired) electrons. The monoisotopic (exact) mass is 194 g/mol. The van der Waals surface area contributed by atoms with Crippen LogP contribution in [0.15, 0.2) is 0 Å². The fraction of sp³-hybridized carbons (Fsp3) is 0.909. The maximum Gasteiger partial charge on any atom is 0.226 e. The van der Waals surface area contributed by atoms with Gasteiger partial charge in [0.1, 0.15) is 0 Å². The SMILES string of the molecule is C[C@@H]1C(C(=O)N2CC3CC(C2)N3)[C@@H]1C. The molecule has 1 aliphatic carbocycles. The number of hydrogen-bond donors (Lipinski definition) is 1. The van der Waals surface area contributed by atoms with Crippen molar-refractivity contribution >= 4 is 5.91 Å². The van der Waals surface area contributed by atoms with Crippen molar-refractivity contribution in [2.45, 2.75) is 32.4 Å². The summed E-state index contributed by atoms with van der Waals surface area (Å²) in [7, 11) is 0. The zero-order valence-electron chi connectivity index (χ0n) is 8.86. The molecule has 78 valence electrons. The molecule has 0 aromatic carbocycles. The largest absolute Gasteiger partial charge is 0.339 e. The third kappa shape index (κ3) is 1.11. The predicted octanol–water partition coefficient (Wildman–Crippen LogP) is 0.461. The third-order valence-corrected chi connectivity index (χ3v) is 4.34. The second-order valence-electron chi connectivity index (χ2n) is 5.28. The highest BCUT2D eigenvalue weighted by molar-refractivity contribution is 5.82. The van der Waals surface area contributed by atoms with Gasteiger partial charge in [0.15, 0.2) is 0 Å². The highest BCUT2D eigenvalue weighted by Crippen LogP contribution is 2.46. The Morgan fingerprint density at radius 1 is 1.21 bits per heavy atom. The molecule has 3 heteroatoms. The van der Waals surface area contributed by atoms with Crippen LogP contribution in [0.4, 0.5) is 0 Å². The maximum atomic E-state index is 12.0. The van der Waals surface area contributed by atoms with Gasteiger partial charge in [0, 0.05) is 31.1 Å². The minimum Gasteiger partial charge on any atom is -0.339 e. The van der Waals surface area contributed by atoms with Crippen molar-refractivity contribution < 1.29 is 4.79 Å². The summed E-state index contributed by atoms with van der Waals surface area (Å²) in [5.41, 5.74) is 0. The summed E-state index contributed by atoms with van der Waals surface area (Å²) in [6.45, 7) is 6.28. The van der Waals surface area contributed by atoms with Crippen molar-refractivity contribution in [1.82, 2.24) is 10.2 Å². The Morgan fingerprint density at radius 2 is 1.71 bits per heavy atom. The van der Waals surface area contributed by atoms with Crippen molar-refractivity contribution in [1.29, 1.82) is 0 Å². The molecule has 14 heavy (non-hydrogen) atoms. The van der Waals surface area contributed by atoms with E-state index in [-0.39, 0.29) is 0 Å². The molecular weight excluding hydrogens is 176 g/mol. The Labute approximate surface area is 84.8 Å². The quantitative estimate of drug-likeness (QED) is 0.658. The zero-order chi connectivity index (χ0) is 9.87. The Kier molecular flexibility index (Phi) is 1.69. The van der Waals surface area contributed by atoms with Gasteiger partial charge in [0.2, 0.25) is 5.91 Å². The lowest BCUT2D eigenvalue weighted by Crippen LogP contribution is -2.67. The lowest BCUT2D eigenvalue weighted by atomic mass is 9.91. The Hall–Kier alpha value is -0.570. The smallest absolute Gasteiger partial charge is 0.226 e. The lowest BCUT2D eigenvalue weighted by Gasteiger charge is -2.48. The molecule has 3 saturated heterocycles. The molecule has 3 heterocycles. The van der Waals surface area contributed by atoms with Gasteiger partial charge in [-0.2, -0.15) is 0 Å². The van der Waals surface area contributed by atoms with E-state index in [0.29, 0.717) is 35.7 Å². The minimum atomic E-state index is 0.340. The van der Waals surface area contributed by atoms with Crippen molar-refractivity contribution in [3.05, 3.63) is 0 Å². The Morgan fingerprint density at radius 3 is 2.14 bits per heavy atom. The number of hydrogen-bond acceptors (Lipinski definition) is 2. The van der Waals surface area contributed by atoms with Crippen molar-refractivity contribution in [2.24, 2.45) is 17.8 Å². The standard InChI is InChI=1S/C11H18N2O/c1-6-7(2)10(6)11(14)13-4-8-3-9(5-13)12-8/h6-10,12H,3-5H2,1-2H3/t6-,7+,8?,9?,10?. The van der Waals surface area contributed by atoms with Gasteiger partial charge in [0.05, 0.1) is 0 Å². The summed E-state index contributed by atoms with van der Waals surface area (Å²) in [4.78, 5) is 14.1. The first-order valence-electron chi connectivity index (χ1n) is 5.71. The molecule has 3 aliphatic heterocycles. The fourth-order valence-corrected chi connectivity index (χ4v) is 3.02. The van der Waals surface area contributed by atoms with E-state index in [1.165, 1.54) is 6.42 Å². The van der Waals surface area contributed by atoms with Crippen LogP contribution in [0.3, 0.4) is 0 Å². The molecule has 0 aromatic heterocycles. The summed E-state index contributed by atoms with van der Waals surface area (Å²) in [5, 5.41) is 3.45. The number of carbonyl (C=O) groups excluding carboxylic acids is 1. The Bertz CT molecular complexity index is 254.